The lowest BCUT2D eigenvalue weighted by Crippen LogP contribution is -2.19. The third-order valence-electron chi connectivity index (χ3n) is 1.05. The van der Waals surface area contributed by atoms with E-state index in [0.717, 1.165) is 0 Å². The van der Waals surface area contributed by atoms with E-state index in [1.807, 2.05) is 20.8 Å². The Balaban J connectivity index is 4.03. The van der Waals surface area contributed by atoms with Gasteiger partial charge in [-0.3, -0.25) is 4.79 Å². The molecule has 13 heavy (non-hydrogen) atoms. The van der Waals surface area contributed by atoms with Crippen LogP contribution in [-0.2, 0) is 14.3 Å². The number of carbonyl (C=O) groups is 2. The van der Waals surface area contributed by atoms with Crippen LogP contribution < -0.4 is 0 Å². The third-order valence-corrected chi connectivity index (χ3v) is 1.05. The minimum absolute atomic E-state index is 0.137. The molecule has 0 aliphatic carbocycles. The molecular weight excluding hydrogens is 172 g/mol. The molecule has 0 spiro atoms. The molecule has 0 aromatic rings. The summed E-state index contributed by atoms with van der Waals surface area (Å²) < 4.78 is 4.28. The highest BCUT2D eigenvalue weighted by Crippen LogP contribution is 2.18. The van der Waals surface area contributed by atoms with Gasteiger partial charge in [0.25, 0.3) is 0 Å². The van der Waals surface area contributed by atoms with Crippen molar-refractivity contribution in [2.24, 2.45) is 5.41 Å². The molecule has 0 saturated heterocycles. The molecule has 0 saturated carbocycles. The summed E-state index contributed by atoms with van der Waals surface area (Å²) in [7, 11) is 0. The van der Waals surface area contributed by atoms with Gasteiger partial charge in [-0.05, 0) is 5.41 Å². The molecule has 0 aliphatic rings. The molecule has 0 bridgehead atoms. The van der Waals surface area contributed by atoms with Gasteiger partial charge >= 0.3 is 18.2 Å². The van der Waals surface area contributed by atoms with Gasteiger partial charge in [0.1, 0.15) is 0 Å². The first kappa shape index (κ1) is 11.5. The van der Waals surface area contributed by atoms with E-state index in [9.17, 15) is 9.59 Å². The molecule has 0 atom stereocenters. The van der Waals surface area contributed by atoms with Gasteiger partial charge in [-0.2, -0.15) is 4.79 Å². The van der Waals surface area contributed by atoms with E-state index in [1.165, 1.54) is 0 Å². The zero-order valence-corrected chi connectivity index (χ0v) is 7.90. The maximum absolute atomic E-state index is 11.0. The van der Waals surface area contributed by atoms with E-state index < -0.39 is 11.9 Å². The highest BCUT2D eigenvalue weighted by Gasteiger charge is 2.19. The molecule has 0 N–H and O–H groups in total. The van der Waals surface area contributed by atoms with Crippen LogP contribution in [0.1, 0.15) is 27.2 Å². The summed E-state index contributed by atoms with van der Waals surface area (Å²) in [6, 6.07) is 0. The second-order valence-corrected chi connectivity index (χ2v) is 3.78. The van der Waals surface area contributed by atoms with Gasteiger partial charge in [-0.1, -0.05) is 20.8 Å². The summed E-state index contributed by atoms with van der Waals surface area (Å²) in [5.74, 6) is -1.59. The minimum Gasteiger partial charge on any atom is -0.385 e. The lowest BCUT2D eigenvalue weighted by atomic mass is 9.93. The zero-order valence-electron chi connectivity index (χ0n) is 7.90. The van der Waals surface area contributed by atoms with E-state index in [0.29, 0.717) is 6.21 Å². The van der Waals surface area contributed by atoms with E-state index in [1.54, 1.807) is 0 Å². The first-order valence-electron chi connectivity index (χ1n) is 3.77. The molecule has 0 unspecified atom stereocenters. The van der Waals surface area contributed by atoms with Crippen LogP contribution in [0, 0.1) is 5.41 Å². The molecule has 5 nitrogen and oxygen atoms in total. The largest absolute Gasteiger partial charge is 0.421 e. The van der Waals surface area contributed by atoms with Crippen molar-refractivity contribution in [3.63, 3.8) is 0 Å². The monoisotopic (exact) mass is 184 g/mol. The van der Waals surface area contributed by atoms with Crippen LogP contribution >= 0.6 is 0 Å². The molecule has 0 rings (SSSR count). The maximum atomic E-state index is 11.0. The quantitative estimate of drug-likeness (QED) is 0.209. The Bertz CT molecular complexity index is 259. The number of rotatable bonds is 2. The number of hydrogen-bond donors (Lipinski definition) is 0. The van der Waals surface area contributed by atoms with E-state index in [2.05, 4.69) is 9.53 Å². The van der Waals surface area contributed by atoms with Gasteiger partial charge in [-0.15, -0.1) is 0 Å². The first-order valence-corrected chi connectivity index (χ1v) is 3.77. The van der Waals surface area contributed by atoms with Crippen molar-refractivity contribution in [2.45, 2.75) is 27.2 Å². The number of ether oxygens (including phenoxy) is 1. The fraction of sp³-hybridized carbons (Fsp3) is 0.625. The Labute approximate surface area is 76.3 Å². The highest BCUT2D eigenvalue weighted by molar-refractivity contribution is 6.23. The van der Waals surface area contributed by atoms with E-state index in [4.69, 9.17) is 5.53 Å². The molecule has 5 heteroatoms. The Hall–Kier alpha value is -1.48. The molecule has 0 heterocycles. The second kappa shape index (κ2) is 4.52. The van der Waals surface area contributed by atoms with Crippen LogP contribution in [0.25, 0.3) is 5.53 Å². The normalized spacial score (nSPS) is 10.1. The predicted molar refractivity (Wildman–Crippen MR) is 44.9 cm³/mol. The van der Waals surface area contributed by atoms with Gasteiger partial charge in [0.05, 0.1) is 6.42 Å². The SMILES string of the molecule is CC(C)(C)CC(=O)OC(=O)C=[N+]=[N-]. The molecule has 0 amide bonds. The maximum Gasteiger partial charge on any atom is 0.421 e. The average Bonchev–Trinajstić information content (AvgIpc) is 1.81. The van der Waals surface area contributed by atoms with Crippen molar-refractivity contribution in [1.29, 1.82) is 0 Å². The van der Waals surface area contributed by atoms with Crippen molar-refractivity contribution in [3.05, 3.63) is 5.53 Å². The molecule has 0 aromatic heterocycles. The number of hydrogen-bond acceptors (Lipinski definition) is 3. The second-order valence-electron chi connectivity index (χ2n) is 3.78. The minimum atomic E-state index is -0.961. The van der Waals surface area contributed by atoms with Crippen molar-refractivity contribution in [1.82, 2.24) is 0 Å². The Morgan fingerprint density at radius 2 is 2.00 bits per heavy atom. The lowest BCUT2D eigenvalue weighted by molar-refractivity contribution is -0.157. The fourth-order valence-electron chi connectivity index (χ4n) is 0.655. The Morgan fingerprint density at radius 1 is 1.46 bits per heavy atom. The van der Waals surface area contributed by atoms with E-state index >= 15 is 0 Å². The number of esters is 2. The van der Waals surface area contributed by atoms with Gasteiger partial charge < -0.3 is 10.3 Å². The van der Waals surface area contributed by atoms with Crippen LogP contribution in [0.15, 0.2) is 0 Å². The van der Waals surface area contributed by atoms with Gasteiger partial charge in [-0.25, -0.2) is 4.79 Å². The van der Waals surface area contributed by atoms with Crippen LogP contribution in [-0.4, -0.2) is 22.9 Å². The van der Waals surface area contributed by atoms with Gasteiger partial charge in [0.2, 0.25) is 0 Å². The van der Waals surface area contributed by atoms with Crippen LogP contribution in [0.2, 0.25) is 0 Å². The summed E-state index contributed by atoms with van der Waals surface area (Å²) in [5, 5.41) is 0. The highest BCUT2D eigenvalue weighted by atomic mass is 16.6. The van der Waals surface area contributed by atoms with Gasteiger partial charge in [0.15, 0.2) is 0 Å². The standard InChI is InChI=1S/C8H12N2O3/c1-8(2,3)4-6(11)13-7(12)5-10-9/h5H,4H2,1-3H3. The number of nitrogens with zero attached hydrogens (tertiary/aromatic N) is 2. The molecule has 0 aliphatic heterocycles. The third kappa shape index (κ3) is 6.90. The smallest absolute Gasteiger partial charge is 0.385 e. The number of carbonyl (C=O) groups excluding carboxylic acids is 2. The molecule has 0 radical (unpaired) electrons. The molecule has 0 fully saturated rings. The van der Waals surface area contributed by atoms with Crippen molar-refractivity contribution in [3.8, 4) is 0 Å². The summed E-state index contributed by atoms with van der Waals surface area (Å²) in [4.78, 5) is 24.0. The topological polar surface area (TPSA) is 79.8 Å². The molecule has 0 aromatic carbocycles. The van der Waals surface area contributed by atoms with E-state index in [-0.39, 0.29) is 11.8 Å². The van der Waals surface area contributed by atoms with Gasteiger partial charge in [0, 0.05) is 0 Å². The average molecular weight is 184 g/mol. The van der Waals surface area contributed by atoms with Crippen LogP contribution in [0.5, 0.6) is 0 Å². The van der Waals surface area contributed by atoms with Crippen LogP contribution in [0.3, 0.4) is 0 Å². The van der Waals surface area contributed by atoms with Crippen LogP contribution in [0.4, 0.5) is 0 Å². The summed E-state index contributed by atoms with van der Waals surface area (Å²) >= 11 is 0. The molecular formula is C8H12N2O3. The first-order chi connectivity index (χ1) is 5.85. The molecule has 72 valence electrons. The fourth-order valence-corrected chi connectivity index (χ4v) is 0.655. The van der Waals surface area contributed by atoms with Crippen molar-refractivity contribution >= 4 is 18.2 Å². The van der Waals surface area contributed by atoms with Crippen molar-refractivity contribution in [2.75, 3.05) is 0 Å². The van der Waals surface area contributed by atoms with Crippen molar-refractivity contribution < 1.29 is 19.1 Å². The summed E-state index contributed by atoms with van der Waals surface area (Å²) in [6.07, 6.45) is 0.665. The Morgan fingerprint density at radius 3 is 2.38 bits per heavy atom. The lowest BCUT2D eigenvalue weighted by Gasteiger charge is -2.14. The summed E-state index contributed by atoms with van der Waals surface area (Å²) in [6.45, 7) is 5.54. The summed E-state index contributed by atoms with van der Waals surface area (Å²) in [5.41, 5.74) is 7.71. The zero-order chi connectivity index (χ0) is 10.5. The Kier molecular flexibility index (Phi) is 4.01. The predicted octanol–water partition coefficient (Wildman–Crippen LogP) is 0.793.